The van der Waals surface area contributed by atoms with Crippen LogP contribution in [0.3, 0.4) is 0 Å². The standard InChI is InChI=1S/C47H45F3N4O5/c1-46(2,3)53(45(56)57)28-34-16-10-17-35(24-34)54-41(27-43(52-54)47(48,49)50)44(55)51-40-19-11-18-37(38(40)25-31-20-21-31)39-26-36(58-29-32-12-6-4-7-13-32)22-23-42(39)59-30-33-14-8-5-9-15-33/h4-19,22-24,26-27,31H,20-21,25,28-30H2,1-3H3,(H,51,55)(H,56,57). The minimum absolute atomic E-state index is 0.0333. The lowest BCUT2D eigenvalue weighted by Crippen LogP contribution is -2.44. The molecule has 1 aromatic heterocycles. The molecule has 0 atom stereocenters. The van der Waals surface area contributed by atoms with E-state index >= 15 is 0 Å². The molecule has 0 unspecified atom stereocenters. The number of amides is 2. The first kappa shape index (κ1) is 40.6. The molecule has 304 valence electrons. The third-order valence-corrected chi connectivity index (χ3v) is 10.1. The summed E-state index contributed by atoms with van der Waals surface area (Å²) < 4.78 is 56.2. The molecule has 12 heteroatoms. The highest BCUT2D eigenvalue weighted by atomic mass is 19.4. The van der Waals surface area contributed by atoms with Gasteiger partial charge in [0.2, 0.25) is 0 Å². The number of ether oxygens (including phenoxy) is 2. The molecule has 2 amide bonds. The van der Waals surface area contributed by atoms with Crippen molar-refractivity contribution in [3.05, 3.63) is 161 Å². The number of benzene rings is 5. The Labute approximate surface area is 341 Å². The van der Waals surface area contributed by atoms with E-state index < -0.39 is 29.4 Å². The van der Waals surface area contributed by atoms with Crippen LogP contribution in [0.25, 0.3) is 16.8 Å². The Bertz CT molecular complexity index is 2420. The Morgan fingerprint density at radius 1 is 0.780 bits per heavy atom. The van der Waals surface area contributed by atoms with E-state index in [0.29, 0.717) is 48.3 Å². The van der Waals surface area contributed by atoms with Crippen LogP contribution in [0.2, 0.25) is 0 Å². The number of anilines is 1. The second-order valence-electron chi connectivity index (χ2n) is 15.7. The second kappa shape index (κ2) is 17.1. The zero-order valence-corrected chi connectivity index (χ0v) is 33.0. The van der Waals surface area contributed by atoms with Crippen LogP contribution in [-0.4, -0.2) is 37.3 Å². The first-order valence-corrected chi connectivity index (χ1v) is 19.4. The molecule has 0 spiro atoms. The maximum Gasteiger partial charge on any atom is 0.435 e. The number of carbonyl (C=O) groups is 2. The molecule has 1 saturated carbocycles. The summed E-state index contributed by atoms with van der Waals surface area (Å²) in [7, 11) is 0. The molecule has 0 bridgehead atoms. The lowest BCUT2D eigenvalue weighted by Gasteiger charge is -2.33. The van der Waals surface area contributed by atoms with Crippen molar-refractivity contribution in [2.24, 2.45) is 5.92 Å². The fourth-order valence-corrected chi connectivity index (χ4v) is 6.82. The Kier molecular flexibility index (Phi) is 11.8. The third kappa shape index (κ3) is 10.1. The number of hydrogen-bond donors (Lipinski definition) is 2. The molecule has 1 aliphatic carbocycles. The molecule has 6 aromatic rings. The van der Waals surface area contributed by atoms with Crippen LogP contribution in [0.15, 0.2) is 127 Å². The maximum absolute atomic E-state index is 14.3. The zero-order valence-electron chi connectivity index (χ0n) is 33.0. The summed E-state index contributed by atoms with van der Waals surface area (Å²) >= 11 is 0. The predicted molar refractivity (Wildman–Crippen MR) is 220 cm³/mol. The molecule has 1 heterocycles. The molecule has 9 nitrogen and oxygen atoms in total. The van der Waals surface area contributed by atoms with Crippen LogP contribution in [-0.2, 0) is 32.4 Å². The van der Waals surface area contributed by atoms with Crippen LogP contribution in [0.1, 0.15) is 72.0 Å². The number of nitrogens with zero attached hydrogens (tertiary/aromatic N) is 3. The van der Waals surface area contributed by atoms with Gasteiger partial charge in [0.15, 0.2) is 5.69 Å². The Hall–Kier alpha value is -6.56. The van der Waals surface area contributed by atoms with E-state index in [0.717, 1.165) is 51.4 Å². The average Bonchev–Trinajstić information content (AvgIpc) is 3.91. The Morgan fingerprint density at radius 2 is 1.42 bits per heavy atom. The topological polar surface area (TPSA) is 106 Å². The minimum atomic E-state index is -4.84. The van der Waals surface area contributed by atoms with E-state index in [2.05, 4.69) is 10.4 Å². The fraction of sp³-hybridized carbons (Fsp3) is 0.255. The van der Waals surface area contributed by atoms with Gasteiger partial charge < -0.3 is 19.9 Å². The largest absolute Gasteiger partial charge is 0.489 e. The van der Waals surface area contributed by atoms with E-state index in [1.807, 2.05) is 84.9 Å². The summed E-state index contributed by atoms with van der Waals surface area (Å²) in [6, 6.07) is 37.8. The highest BCUT2D eigenvalue weighted by Gasteiger charge is 2.37. The molecule has 2 N–H and O–H groups in total. The number of carbonyl (C=O) groups excluding carboxylic acids is 1. The van der Waals surface area contributed by atoms with Gasteiger partial charge >= 0.3 is 12.3 Å². The molecule has 0 aliphatic heterocycles. The van der Waals surface area contributed by atoms with Crippen molar-refractivity contribution in [2.75, 3.05) is 5.32 Å². The van der Waals surface area contributed by atoms with Crippen LogP contribution in [0.4, 0.5) is 23.7 Å². The van der Waals surface area contributed by atoms with E-state index in [9.17, 15) is 27.9 Å². The zero-order chi connectivity index (χ0) is 41.7. The number of aromatic nitrogens is 2. The normalized spacial score (nSPS) is 12.8. The summed E-state index contributed by atoms with van der Waals surface area (Å²) in [6.07, 6.45) is -3.36. The van der Waals surface area contributed by atoms with E-state index in [1.165, 1.54) is 17.0 Å². The van der Waals surface area contributed by atoms with Gasteiger partial charge in [-0.2, -0.15) is 18.3 Å². The van der Waals surface area contributed by atoms with Crippen molar-refractivity contribution in [3.8, 4) is 28.3 Å². The molecule has 1 fully saturated rings. The third-order valence-electron chi connectivity index (χ3n) is 10.1. The molecular formula is C47H45F3N4O5. The molecule has 59 heavy (non-hydrogen) atoms. The van der Waals surface area contributed by atoms with Crippen LogP contribution < -0.4 is 14.8 Å². The molecule has 1 aliphatic rings. The number of carboxylic acid groups (broad SMARTS) is 1. The summed E-state index contributed by atoms with van der Waals surface area (Å²) in [4.78, 5) is 27.6. The minimum Gasteiger partial charge on any atom is -0.489 e. The summed E-state index contributed by atoms with van der Waals surface area (Å²) in [5, 5.41) is 16.6. The van der Waals surface area contributed by atoms with E-state index in [1.54, 1.807) is 45.0 Å². The van der Waals surface area contributed by atoms with Crippen LogP contribution in [0, 0.1) is 5.92 Å². The number of halogens is 3. The fourth-order valence-electron chi connectivity index (χ4n) is 6.82. The van der Waals surface area contributed by atoms with Gasteiger partial charge in [0, 0.05) is 29.4 Å². The van der Waals surface area contributed by atoms with E-state index in [-0.39, 0.29) is 17.9 Å². The number of hydrogen-bond acceptors (Lipinski definition) is 5. The van der Waals surface area contributed by atoms with Crippen molar-refractivity contribution in [1.82, 2.24) is 14.7 Å². The van der Waals surface area contributed by atoms with Crippen molar-refractivity contribution in [1.29, 1.82) is 0 Å². The molecule has 7 rings (SSSR count). The molecule has 5 aromatic carbocycles. The quantitative estimate of drug-likeness (QED) is 0.114. The number of nitrogens with one attached hydrogen (secondary N) is 1. The van der Waals surface area contributed by atoms with Gasteiger partial charge in [-0.25, -0.2) is 9.48 Å². The lowest BCUT2D eigenvalue weighted by molar-refractivity contribution is -0.141. The van der Waals surface area contributed by atoms with Gasteiger partial charge in [0.05, 0.1) is 5.69 Å². The molecule has 0 saturated heterocycles. The highest BCUT2D eigenvalue weighted by Crippen LogP contribution is 2.43. The van der Waals surface area contributed by atoms with Gasteiger partial charge in [-0.1, -0.05) is 84.9 Å². The first-order valence-electron chi connectivity index (χ1n) is 19.4. The molecule has 0 radical (unpaired) electrons. The second-order valence-corrected chi connectivity index (χ2v) is 15.7. The van der Waals surface area contributed by atoms with Gasteiger partial charge in [0.1, 0.15) is 30.4 Å². The predicted octanol–water partition coefficient (Wildman–Crippen LogP) is 11.2. The van der Waals surface area contributed by atoms with Crippen LogP contribution >= 0.6 is 0 Å². The monoisotopic (exact) mass is 802 g/mol. The van der Waals surface area contributed by atoms with Gasteiger partial charge in [-0.15, -0.1) is 0 Å². The number of rotatable bonds is 14. The first-order chi connectivity index (χ1) is 28.2. The lowest BCUT2D eigenvalue weighted by atomic mass is 9.93. The van der Waals surface area contributed by atoms with Crippen molar-refractivity contribution in [2.45, 2.75) is 71.5 Å². The van der Waals surface area contributed by atoms with Crippen LogP contribution in [0.5, 0.6) is 11.5 Å². The van der Waals surface area contributed by atoms with Gasteiger partial charge in [0.25, 0.3) is 5.91 Å². The Morgan fingerprint density at radius 3 is 2.05 bits per heavy atom. The summed E-state index contributed by atoms with van der Waals surface area (Å²) in [6.45, 7) is 5.87. The summed E-state index contributed by atoms with van der Waals surface area (Å²) in [5.41, 5.74) is 3.12. The average molecular weight is 803 g/mol. The van der Waals surface area contributed by atoms with Crippen molar-refractivity contribution < 1.29 is 37.3 Å². The van der Waals surface area contributed by atoms with E-state index in [4.69, 9.17) is 9.47 Å². The van der Waals surface area contributed by atoms with Gasteiger partial charge in [-0.3, -0.25) is 9.69 Å². The highest BCUT2D eigenvalue weighted by molar-refractivity contribution is 6.04. The van der Waals surface area contributed by atoms with Crippen molar-refractivity contribution in [3.63, 3.8) is 0 Å². The molecular weight excluding hydrogens is 758 g/mol. The summed E-state index contributed by atoms with van der Waals surface area (Å²) in [5.74, 6) is 0.779. The SMILES string of the molecule is CC(C)(C)N(Cc1cccc(-n2nc(C(F)(F)F)cc2C(=O)Nc2cccc(-c3cc(OCc4ccccc4)ccc3OCc3ccccc3)c2CC2CC2)c1)C(=O)O. The van der Waals surface area contributed by atoms with Gasteiger partial charge in [-0.05, 0) is 110 Å². The smallest absolute Gasteiger partial charge is 0.435 e. The van der Waals surface area contributed by atoms with Crippen molar-refractivity contribution >= 4 is 17.7 Å². The maximum atomic E-state index is 14.3. The number of alkyl halides is 3. The Balaban J connectivity index is 1.25.